The minimum Gasteiger partial charge on any atom is -0.497 e. The van der Waals surface area contributed by atoms with Crippen LogP contribution in [0.3, 0.4) is 0 Å². The second kappa shape index (κ2) is 16.1. The summed E-state index contributed by atoms with van der Waals surface area (Å²) in [6, 6.07) is 18.2. The number of benzene rings is 2. The van der Waals surface area contributed by atoms with Gasteiger partial charge in [0.1, 0.15) is 11.9 Å². The Bertz CT molecular complexity index is 957. The second-order valence-electron chi connectivity index (χ2n) is 7.61. The van der Waals surface area contributed by atoms with Gasteiger partial charge in [0, 0.05) is 36.7 Å². The van der Waals surface area contributed by atoms with Crippen LogP contribution >= 0.6 is 11.8 Å². The molecule has 174 valence electrons. The highest BCUT2D eigenvalue weighted by atomic mass is 32.2. The van der Waals surface area contributed by atoms with Crippen molar-refractivity contribution < 1.29 is 14.2 Å². The molecule has 4 heteroatoms. The van der Waals surface area contributed by atoms with E-state index in [4.69, 9.17) is 14.2 Å². The topological polar surface area (TPSA) is 27.7 Å². The molecule has 0 N–H and O–H groups in total. The van der Waals surface area contributed by atoms with E-state index < -0.39 is 0 Å². The maximum atomic E-state index is 6.29. The molecule has 0 spiro atoms. The normalized spacial score (nSPS) is 11.8. The molecule has 2 aromatic rings. The van der Waals surface area contributed by atoms with E-state index in [2.05, 4.69) is 35.8 Å². The first-order valence-corrected chi connectivity index (χ1v) is 12.3. The lowest BCUT2D eigenvalue weighted by Gasteiger charge is -2.21. The van der Waals surface area contributed by atoms with E-state index >= 15 is 0 Å². The minimum atomic E-state index is -0.279. The van der Waals surface area contributed by atoms with Gasteiger partial charge in [-0.3, -0.25) is 0 Å². The molecular formula is C29H34O3S. The maximum absolute atomic E-state index is 6.29. The van der Waals surface area contributed by atoms with E-state index in [1.54, 1.807) is 26.0 Å². The Balaban J connectivity index is 2.22. The molecule has 0 saturated carbocycles. The molecule has 1 atom stereocenters. The molecule has 3 nitrogen and oxygen atoms in total. The fourth-order valence-corrected chi connectivity index (χ4v) is 3.66. The number of ether oxygens (including phenoxy) is 3. The van der Waals surface area contributed by atoms with Crippen molar-refractivity contribution in [1.82, 2.24) is 0 Å². The summed E-state index contributed by atoms with van der Waals surface area (Å²) in [7, 11) is 3.39. The predicted molar refractivity (Wildman–Crippen MR) is 138 cm³/mol. The molecule has 0 aliphatic rings. The average Bonchev–Trinajstić information content (AvgIpc) is 2.84. The fourth-order valence-electron chi connectivity index (χ4n) is 2.99. The summed E-state index contributed by atoms with van der Waals surface area (Å²) in [6.07, 6.45) is 4.50. The van der Waals surface area contributed by atoms with Gasteiger partial charge < -0.3 is 14.2 Å². The lowest BCUT2D eigenvalue weighted by atomic mass is 10.0. The van der Waals surface area contributed by atoms with Gasteiger partial charge in [-0.1, -0.05) is 54.0 Å². The Morgan fingerprint density at radius 3 is 2.39 bits per heavy atom. The van der Waals surface area contributed by atoms with E-state index in [1.165, 1.54) is 4.90 Å². The van der Waals surface area contributed by atoms with Crippen molar-refractivity contribution in [3.8, 4) is 29.4 Å². The molecule has 0 amide bonds. The summed E-state index contributed by atoms with van der Waals surface area (Å²) >= 11 is 1.72. The summed E-state index contributed by atoms with van der Waals surface area (Å²) in [4.78, 5) is 1.21. The zero-order valence-electron chi connectivity index (χ0n) is 20.1. The van der Waals surface area contributed by atoms with Gasteiger partial charge in [-0.2, -0.15) is 0 Å². The van der Waals surface area contributed by atoms with Crippen LogP contribution in [-0.2, 0) is 9.47 Å². The van der Waals surface area contributed by atoms with Crippen LogP contribution in [0.5, 0.6) is 5.75 Å². The quantitative estimate of drug-likeness (QED) is 0.211. The number of hydrogen-bond donors (Lipinski definition) is 0. The summed E-state index contributed by atoms with van der Waals surface area (Å²) in [5, 5.41) is 0. The third-order valence-corrected chi connectivity index (χ3v) is 5.52. The molecule has 0 bridgehead atoms. The van der Waals surface area contributed by atoms with Crippen LogP contribution in [-0.4, -0.2) is 32.7 Å². The molecule has 2 aromatic carbocycles. The van der Waals surface area contributed by atoms with Gasteiger partial charge in [-0.25, -0.2) is 0 Å². The van der Waals surface area contributed by atoms with E-state index in [1.807, 2.05) is 62.4 Å². The maximum Gasteiger partial charge on any atom is 0.118 e. The molecule has 0 radical (unpaired) electrons. The number of unbranched alkanes of at least 4 members (excludes halogenated alkanes) is 2. The third-order valence-electron chi connectivity index (χ3n) is 4.63. The fraction of sp³-hybridized carbons (Fsp3) is 0.379. The SMILES string of the molecule is COCCCCC#C/C(=C/C#CCSc1ccccc1)C(OC(C)C)c1ccc(OC)cc1. The first-order chi connectivity index (χ1) is 16.1. The van der Waals surface area contributed by atoms with E-state index in [0.29, 0.717) is 0 Å². The smallest absolute Gasteiger partial charge is 0.118 e. The Labute approximate surface area is 203 Å². The Hall–Kier alpha value is -2.63. The minimum absolute atomic E-state index is 0.0469. The van der Waals surface area contributed by atoms with Crippen LogP contribution in [0.1, 0.15) is 44.8 Å². The Morgan fingerprint density at radius 2 is 1.73 bits per heavy atom. The molecule has 2 rings (SSSR count). The van der Waals surface area contributed by atoms with Crippen molar-refractivity contribution in [3.05, 3.63) is 71.8 Å². The molecule has 0 aromatic heterocycles. The van der Waals surface area contributed by atoms with E-state index in [-0.39, 0.29) is 12.2 Å². The summed E-state index contributed by atoms with van der Waals surface area (Å²) in [6.45, 7) is 4.84. The van der Waals surface area contributed by atoms with Gasteiger partial charge in [0.2, 0.25) is 0 Å². The molecule has 0 heterocycles. The lowest BCUT2D eigenvalue weighted by molar-refractivity contribution is 0.0306. The second-order valence-corrected chi connectivity index (χ2v) is 8.66. The van der Waals surface area contributed by atoms with Crippen molar-refractivity contribution >= 4 is 11.8 Å². The zero-order chi connectivity index (χ0) is 23.7. The van der Waals surface area contributed by atoms with Crippen LogP contribution in [0.4, 0.5) is 0 Å². The predicted octanol–water partition coefficient (Wildman–Crippen LogP) is 6.70. The summed E-state index contributed by atoms with van der Waals surface area (Å²) < 4.78 is 16.7. The van der Waals surface area contributed by atoms with Crippen LogP contribution < -0.4 is 4.74 Å². The van der Waals surface area contributed by atoms with Gasteiger partial charge in [-0.05, 0) is 56.5 Å². The van der Waals surface area contributed by atoms with Gasteiger partial charge in [0.15, 0.2) is 0 Å². The first kappa shape index (κ1) is 26.6. The van der Waals surface area contributed by atoms with E-state index in [9.17, 15) is 0 Å². The van der Waals surface area contributed by atoms with Gasteiger partial charge in [-0.15, -0.1) is 11.8 Å². The molecule has 33 heavy (non-hydrogen) atoms. The molecule has 0 aliphatic carbocycles. The summed E-state index contributed by atoms with van der Waals surface area (Å²) in [5.74, 6) is 14.6. The van der Waals surface area contributed by atoms with Crippen LogP contribution in [0, 0.1) is 23.7 Å². The van der Waals surface area contributed by atoms with E-state index in [0.717, 1.165) is 48.5 Å². The van der Waals surface area contributed by atoms with Crippen molar-refractivity contribution in [2.45, 2.75) is 50.2 Å². The van der Waals surface area contributed by atoms with Gasteiger partial charge in [0.25, 0.3) is 0 Å². The number of allylic oxidation sites excluding steroid dienone is 1. The standard InChI is InChI=1S/C29H34O3S/c1-24(2)32-29(26-18-20-27(31-4)21-19-26)25(14-8-5-6-12-22-30-3)15-11-13-23-33-28-16-9-7-10-17-28/h7,9-10,15-21,24,29H,5-6,12,22-23H2,1-4H3/b25-15-. The molecule has 0 aliphatic heterocycles. The van der Waals surface area contributed by atoms with Crippen molar-refractivity contribution in [2.24, 2.45) is 0 Å². The average molecular weight is 463 g/mol. The van der Waals surface area contributed by atoms with Crippen molar-refractivity contribution in [3.63, 3.8) is 0 Å². The molecule has 0 fully saturated rings. The van der Waals surface area contributed by atoms with Crippen LogP contribution in [0.15, 0.2) is 71.1 Å². The highest BCUT2D eigenvalue weighted by molar-refractivity contribution is 7.99. The summed E-state index contributed by atoms with van der Waals surface area (Å²) in [5.41, 5.74) is 1.91. The lowest BCUT2D eigenvalue weighted by Crippen LogP contribution is -2.12. The van der Waals surface area contributed by atoms with Gasteiger partial charge in [0.05, 0.1) is 19.0 Å². The Kier molecular flexibility index (Phi) is 13.0. The largest absolute Gasteiger partial charge is 0.497 e. The van der Waals surface area contributed by atoms with Gasteiger partial charge >= 0.3 is 0 Å². The zero-order valence-corrected chi connectivity index (χ0v) is 20.9. The number of hydrogen-bond acceptors (Lipinski definition) is 4. The van der Waals surface area contributed by atoms with Crippen molar-refractivity contribution in [1.29, 1.82) is 0 Å². The highest BCUT2D eigenvalue weighted by Crippen LogP contribution is 2.28. The monoisotopic (exact) mass is 462 g/mol. The number of thioether (sulfide) groups is 1. The number of rotatable bonds is 11. The van der Waals surface area contributed by atoms with Crippen molar-refractivity contribution in [2.75, 3.05) is 26.6 Å². The molecular weight excluding hydrogens is 428 g/mol. The third kappa shape index (κ3) is 10.7. The highest BCUT2D eigenvalue weighted by Gasteiger charge is 2.18. The van der Waals surface area contributed by atoms with Crippen LogP contribution in [0.2, 0.25) is 0 Å². The number of methoxy groups -OCH3 is 2. The molecule has 1 unspecified atom stereocenters. The van der Waals surface area contributed by atoms with Crippen LogP contribution in [0.25, 0.3) is 0 Å². The molecule has 0 saturated heterocycles. The first-order valence-electron chi connectivity index (χ1n) is 11.3. The Morgan fingerprint density at radius 1 is 0.970 bits per heavy atom.